The molecule has 3 rings (SSSR count). The first-order valence-corrected chi connectivity index (χ1v) is 6.72. The molecule has 2 aliphatic rings. The number of fused-ring (bicyclic) bond motifs is 1. The van der Waals surface area contributed by atoms with Crippen LogP contribution in [0.4, 0.5) is 0 Å². The summed E-state index contributed by atoms with van der Waals surface area (Å²) in [6.07, 6.45) is 6.54. The summed E-state index contributed by atoms with van der Waals surface area (Å²) in [5, 5.41) is 3.66. The molecule has 1 unspecified atom stereocenters. The number of rotatable bonds is 2. The summed E-state index contributed by atoms with van der Waals surface area (Å²) in [5.41, 5.74) is 1.39. The second kappa shape index (κ2) is 4.75. The van der Waals surface area contributed by atoms with Crippen LogP contribution in [0.25, 0.3) is 0 Å². The van der Waals surface area contributed by atoms with Crippen LogP contribution in [0.2, 0.25) is 0 Å². The molecule has 0 bridgehead atoms. The normalized spacial score (nSPS) is 31.1. The second-order valence-corrected chi connectivity index (χ2v) is 5.37. The van der Waals surface area contributed by atoms with Crippen LogP contribution in [0.5, 0.6) is 0 Å². The smallest absolute Gasteiger partial charge is 0.0321 e. The molecular formula is C14H21N3. The van der Waals surface area contributed by atoms with Gasteiger partial charge in [0.2, 0.25) is 0 Å². The first kappa shape index (κ1) is 11.2. The topological polar surface area (TPSA) is 28.2 Å². The number of pyridine rings is 1. The highest BCUT2D eigenvalue weighted by Crippen LogP contribution is 2.31. The molecule has 0 spiro atoms. The maximum Gasteiger partial charge on any atom is 0.0321 e. The number of piperidine rings is 1. The monoisotopic (exact) mass is 231 g/mol. The third-order valence-corrected chi connectivity index (χ3v) is 4.36. The fourth-order valence-electron chi connectivity index (χ4n) is 3.25. The Morgan fingerprint density at radius 1 is 1.35 bits per heavy atom. The molecule has 2 fully saturated rings. The van der Waals surface area contributed by atoms with Crippen LogP contribution >= 0.6 is 0 Å². The summed E-state index contributed by atoms with van der Waals surface area (Å²) >= 11 is 0. The van der Waals surface area contributed by atoms with Crippen LogP contribution in [-0.2, 0) is 0 Å². The van der Waals surface area contributed by atoms with Gasteiger partial charge in [-0.25, -0.2) is 0 Å². The Morgan fingerprint density at radius 2 is 2.18 bits per heavy atom. The molecule has 92 valence electrons. The van der Waals surface area contributed by atoms with Gasteiger partial charge >= 0.3 is 0 Å². The molecule has 2 aliphatic heterocycles. The average molecular weight is 231 g/mol. The minimum Gasteiger partial charge on any atom is -0.312 e. The second-order valence-electron chi connectivity index (χ2n) is 5.37. The van der Waals surface area contributed by atoms with Gasteiger partial charge < -0.3 is 5.32 Å². The van der Waals surface area contributed by atoms with Crippen molar-refractivity contribution in [3.8, 4) is 0 Å². The minimum atomic E-state index is 0.519. The van der Waals surface area contributed by atoms with E-state index in [9.17, 15) is 0 Å². The summed E-state index contributed by atoms with van der Waals surface area (Å²) in [6.45, 7) is 5.97. The first-order chi connectivity index (χ1) is 8.34. The van der Waals surface area contributed by atoms with Gasteiger partial charge in [0.15, 0.2) is 0 Å². The van der Waals surface area contributed by atoms with E-state index >= 15 is 0 Å². The highest BCUT2D eigenvalue weighted by atomic mass is 15.2. The van der Waals surface area contributed by atoms with Crippen molar-refractivity contribution < 1.29 is 0 Å². The van der Waals surface area contributed by atoms with E-state index in [0.29, 0.717) is 6.04 Å². The van der Waals surface area contributed by atoms with Crippen molar-refractivity contribution >= 4 is 0 Å². The summed E-state index contributed by atoms with van der Waals surface area (Å²) in [5.74, 6) is 0.869. The van der Waals surface area contributed by atoms with E-state index in [0.717, 1.165) is 12.0 Å². The first-order valence-electron chi connectivity index (χ1n) is 6.72. The van der Waals surface area contributed by atoms with Gasteiger partial charge in [-0.15, -0.1) is 0 Å². The van der Waals surface area contributed by atoms with Crippen molar-refractivity contribution in [3.63, 3.8) is 0 Å². The molecule has 1 aromatic rings. The van der Waals surface area contributed by atoms with Gasteiger partial charge in [0.1, 0.15) is 0 Å². The lowest BCUT2D eigenvalue weighted by Gasteiger charge is -2.25. The Bertz CT molecular complexity index is 351. The van der Waals surface area contributed by atoms with E-state index in [-0.39, 0.29) is 0 Å². The van der Waals surface area contributed by atoms with Crippen LogP contribution in [-0.4, -0.2) is 35.6 Å². The zero-order valence-electron chi connectivity index (χ0n) is 10.5. The lowest BCUT2D eigenvalue weighted by molar-refractivity contribution is 0.250. The third-order valence-electron chi connectivity index (χ3n) is 4.36. The number of hydrogen-bond acceptors (Lipinski definition) is 3. The van der Waals surface area contributed by atoms with Gasteiger partial charge in [0.25, 0.3) is 0 Å². The molecule has 0 saturated carbocycles. The number of likely N-dealkylation sites (tertiary alicyclic amines) is 1. The SMILES string of the molecule is CC(c1ccncc1)N1C[C@@H]2CCCN[C@@H]2C1. The summed E-state index contributed by atoms with van der Waals surface area (Å²) < 4.78 is 0. The Hall–Kier alpha value is -0.930. The molecule has 0 amide bonds. The van der Waals surface area contributed by atoms with E-state index in [1.54, 1.807) is 0 Å². The zero-order chi connectivity index (χ0) is 11.7. The quantitative estimate of drug-likeness (QED) is 0.841. The summed E-state index contributed by atoms with van der Waals surface area (Å²) in [6, 6.07) is 5.53. The molecule has 0 radical (unpaired) electrons. The van der Waals surface area contributed by atoms with Crippen molar-refractivity contribution in [2.24, 2.45) is 5.92 Å². The van der Waals surface area contributed by atoms with Crippen molar-refractivity contribution in [3.05, 3.63) is 30.1 Å². The predicted molar refractivity (Wildman–Crippen MR) is 68.7 cm³/mol. The summed E-state index contributed by atoms with van der Waals surface area (Å²) in [4.78, 5) is 6.71. The fraction of sp³-hybridized carbons (Fsp3) is 0.643. The fourth-order valence-corrected chi connectivity index (χ4v) is 3.25. The molecule has 2 saturated heterocycles. The van der Waals surface area contributed by atoms with E-state index < -0.39 is 0 Å². The van der Waals surface area contributed by atoms with Crippen molar-refractivity contribution in [1.29, 1.82) is 0 Å². The van der Waals surface area contributed by atoms with Crippen LogP contribution in [0, 0.1) is 5.92 Å². The minimum absolute atomic E-state index is 0.519. The average Bonchev–Trinajstić information content (AvgIpc) is 2.82. The predicted octanol–water partition coefficient (Wildman–Crippen LogP) is 1.83. The molecule has 0 aromatic carbocycles. The zero-order valence-corrected chi connectivity index (χ0v) is 10.5. The maximum absolute atomic E-state index is 4.10. The summed E-state index contributed by atoms with van der Waals surface area (Å²) in [7, 11) is 0. The number of nitrogens with zero attached hydrogens (tertiary/aromatic N) is 2. The van der Waals surface area contributed by atoms with Gasteiger partial charge in [-0.3, -0.25) is 9.88 Å². The number of nitrogens with one attached hydrogen (secondary N) is 1. The Morgan fingerprint density at radius 3 is 2.94 bits per heavy atom. The highest BCUT2D eigenvalue weighted by molar-refractivity contribution is 5.15. The van der Waals surface area contributed by atoms with E-state index in [1.165, 1.54) is 38.0 Å². The molecule has 17 heavy (non-hydrogen) atoms. The van der Waals surface area contributed by atoms with E-state index in [2.05, 4.69) is 34.3 Å². The van der Waals surface area contributed by atoms with Crippen LogP contribution in [0.3, 0.4) is 0 Å². The van der Waals surface area contributed by atoms with Gasteiger partial charge in [-0.2, -0.15) is 0 Å². The Balaban J connectivity index is 1.70. The number of aromatic nitrogens is 1. The van der Waals surface area contributed by atoms with Crippen molar-refractivity contribution in [1.82, 2.24) is 15.2 Å². The molecule has 1 N–H and O–H groups in total. The molecule has 0 aliphatic carbocycles. The maximum atomic E-state index is 4.10. The van der Waals surface area contributed by atoms with Crippen LogP contribution < -0.4 is 5.32 Å². The van der Waals surface area contributed by atoms with Crippen molar-refractivity contribution in [2.75, 3.05) is 19.6 Å². The van der Waals surface area contributed by atoms with E-state index in [1.807, 2.05) is 12.4 Å². The van der Waals surface area contributed by atoms with Gasteiger partial charge in [0.05, 0.1) is 0 Å². The van der Waals surface area contributed by atoms with Gasteiger partial charge in [-0.1, -0.05) is 0 Å². The lowest BCUT2D eigenvalue weighted by Crippen LogP contribution is -2.40. The lowest BCUT2D eigenvalue weighted by atomic mass is 9.94. The van der Waals surface area contributed by atoms with Crippen molar-refractivity contribution in [2.45, 2.75) is 31.8 Å². The Kier molecular flexibility index (Phi) is 3.12. The molecule has 1 aromatic heterocycles. The Labute approximate surface area is 103 Å². The highest BCUT2D eigenvalue weighted by Gasteiger charge is 2.36. The standard InChI is InChI=1S/C14H21N3/c1-11(12-4-7-15-8-5-12)17-9-13-3-2-6-16-14(13)10-17/h4-5,7-8,11,13-14,16H,2-3,6,9-10H2,1H3/t11?,13-,14+/m0/s1. The van der Waals surface area contributed by atoms with Crippen LogP contribution in [0.15, 0.2) is 24.5 Å². The molecular weight excluding hydrogens is 210 g/mol. The number of hydrogen-bond donors (Lipinski definition) is 1. The largest absolute Gasteiger partial charge is 0.312 e. The van der Waals surface area contributed by atoms with Gasteiger partial charge in [0, 0.05) is 37.6 Å². The molecule has 3 heterocycles. The molecule has 3 nitrogen and oxygen atoms in total. The third kappa shape index (κ3) is 2.22. The van der Waals surface area contributed by atoms with Crippen LogP contribution in [0.1, 0.15) is 31.4 Å². The molecule has 3 heteroatoms. The molecule has 3 atom stereocenters. The van der Waals surface area contributed by atoms with Gasteiger partial charge in [-0.05, 0) is 49.9 Å². The van der Waals surface area contributed by atoms with E-state index in [4.69, 9.17) is 0 Å².